The summed E-state index contributed by atoms with van der Waals surface area (Å²) in [6.45, 7) is 0.447. The Balaban J connectivity index is 2.08. The van der Waals surface area contributed by atoms with Crippen molar-refractivity contribution < 1.29 is 25.0 Å². The summed E-state index contributed by atoms with van der Waals surface area (Å²) in [5, 5.41) is 27.2. The maximum atomic E-state index is 12.1. The smallest absolute Gasteiger partial charge is 0.266 e. The Morgan fingerprint density at radius 3 is 2.71 bits per heavy atom. The molecule has 4 N–H and O–H groups in total. The van der Waals surface area contributed by atoms with Gasteiger partial charge in [0.05, 0.1) is 0 Å². The Morgan fingerprint density at radius 2 is 2.05 bits per heavy atom. The minimum absolute atomic E-state index is 0.238. The molecule has 7 heteroatoms. The molecule has 0 aromatic heterocycles. The average Bonchev–Trinajstić information content (AvgIpc) is 2.97. The fourth-order valence-electron chi connectivity index (χ4n) is 2.28. The fraction of sp³-hybridized carbons (Fsp3) is 0.286. The van der Waals surface area contributed by atoms with E-state index in [0.717, 1.165) is 0 Å². The topological polar surface area (TPSA) is 110 Å². The number of nitrogens with zero attached hydrogens (tertiary/aromatic N) is 1. The van der Waals surface area contributed by atoms with E-state index in [9.17, 15) is 19.8 Å². The highest BCUT2D eigenvalue weighted by Crippen LogP contribution is 2.25. The summed E-state index contributed by atoms with van der Waals surface area (Å²) < 4.78 is 0. The second-order valence-electron chi connectivity index (χ2n) is 4.75. The summed E-state index contributed by atoms with van der Waals surface area (Å²) in [6.07, 6.45) is 3.96. The van der Waals surface area contributed by atoms with E-state index in [1.54, 1.807) is 11.5 Å². The van der Waals surface area contributed by atoms with Crippen LogP contribution in [0.1, 0.15) is 18.4 Å². The summed E-state index contributed by atoms with van der Waals surface area (Å²) >= 11 is 0. The maximum Gasteiger partial charge on any atom is 0.266 e. The standard InChI is InChI=1S/C14H16N2O5/c17-11-5-3-9(8-12(11)18)4-6-13(19)16-7-1-2-10(16)14(20)15-21/h3-6,8,10,17-18,21H,1-2,7H2,(H,15,20)/b6-4+. The molecule has 0 bridgehead atoms. The van der Waals surface area contributed by atoms with Gasteiger partial charge in [-0.2, -0.15) is 0 Å². The molecule has 0 spiro atoms. The molecule has 1 heterocycles. The van der Waals surface area contributed by atoms with E-state index < -0.39 is 11.9 Å². The molecule has 1 aliphatic heterocycles. The highest BCUT2D eigenvalue weighted by Gasteiger charge is 2.32. The first-order chi connectivity index (χ1) is 10.0. The first-order valence-corrected chi connectivity index (χ1v) is 6.47. The van der Waals surface area contributed by atoms with Gasteiger partial charge in [-0.3, -0.25) is 14.8 Å². The number of rotatable bonds is 3. The molecule has 2 rings (SSSR count). The van der Waals surface area contributed by atoms with Crippen LogP contribution in [0.3, 0.4) is 0 Å². The van der Waals surface area contributed by atoms with Gasteiger partial charge in [-0.15, -0.1) is 0 Å². The van der Waals surface area contributed by atoms with E-state index in [2.05, 4.69) is 0 Å². The van der Waals surface area contributed by atoms with Gasteiger partial charge in [0.2, 0.25) is 5.91 Å². The molecule has 1 fully saturated rings. The zero-order valence-electron chi connectivity index (χ0n) is 11.2. The lowest BCUT2D eigenvalue weighted by Gasteiger charge is -2.21. The van der Waals surface area contributed by atoms with Crippen molar-refractivity contribution in [3.8, 4) is 11.5 Å². The monoisotopic (exact) mass is 292 g/mol. The summed E-state index contributed by atoms with van der Waals surface area (Å²) in [5.41, 5.74) is 2.10. The number of likely N-dealkylation sites (tertiary alicyclic amines) is 1. The maximum absolute atomic E-state index is 12.1. The van der Waals surface area contributed by atoms with Crippen molar-refractivity contribution in [3.63, 3.8) is 0 Å². The Kier molecular flexibility index (Phi) is 4.44. The van der Waals surface area contributed by atoms with Crippen molar-refractivity contribution in [2.45, 2.75) is 18.9 Å². The molecule has 7 nitrogen and oxygen atoms in total. The van der Waals surface area contributed by atoms with Gasteiger partial charge in [0, 0.05) is 12.6 Å². The summed E-state index contributed by atoms with van der Waals surface area (Å²) in [4.78, 5) is 24.9. The van der Waals surface area contributed by atoms with Crippen LogP contribution in [0, 0.1) is 0 Å². The van der Waals surface area contributed by atoms with Gasteiger partial charge in [0.15, 0.2) is 11.5 Å². The van der Waals surface area contributed by atoms with Crippen molar-refractivity contribution >= 4 is 17.9 Å². The molecule has 1 atom stereocenters. The third-order valence-corrected chi connectivity index (χ3v) is 3.37. The van der Waals surface area contributed by atoms with Crippen LogP contribution in [0.25, 0.3) is 6.08 Å². The first-order valence-electron chi connectivity index (χ1n) is 6.47. The number of phenolic OH excluding ortho intramolecular Hbond substituents is 2. The van der Waals surface area contributed by atoms with Crippen molar-refractivity contribution in [2.24, 2.45) is 0 Å². The van der Waals surface area contributed by atoms with E-state index >= 15 is 0 Å². The molecule has 0 aliphatic carbocycles. The lowest BCUT2D eigenvalue weighted by atomic mass is 10.1. The van der Waals surface area contributed by atoms with Gasteiger partial charge in [0.1, 0.15) is 6.04 Å². The van der Waals surface area contributed by atoms with Crippen LogP contribution >= 0.6 is 0 Å². The molecule has 2 amide bonds. The minimum atomic E-state index is -0.666. The second-order valence-corrected chi connectivity index (χ2v) is 4.75. The Labute approximate surface area is 121 Å². The normalized spacial score (nSPS) is 18.1. The molecule has 1 saturated heterocycles. The lowest BCUT2D eigenvalue weighted by Crippen LogP contribution is -2.44. The van der Waals surface area contributed by atoms with Crippen LogP contribution in [0.2, 0.25) is 0 Å². The predicted octanol–water partition coefficient (Wildman–Crippen LogP) is 0.607. The van der Waals surface area contributed by atoms with Gasteiger partial charge < -0.3 is 15.1 Å². The highest BCUT2D eigenvalue weighted by atomic mass is 16.5. The number of nitrogens with one attached hydrogen (secondary N) is 1. The van der Waals surface area contributed by atoms with Gasteiger partial charge in [0.25, 0.3) is 5.91 Å². The van der Waals surface area contributed by atoms with Crippen LogP contribution in [0.5, 0.6) is 11.5 Å². The van der Waals surface area contributed by atoms with E-state index in [4.69, 9.17) is 5.21 Å². The minimum Gasteiger partial charge on any atom is -0.504 e. The van der Waals surface area contributed by atoms with Crippen LogP contribution in [-0.4, -0.2) is 44.7 Å². The molecule has 112 valence electrons. The van der Waals surface area contributed by atoms with Crippen molar-refractivity contribution in [2.75, 3.05) is 6.54 Å². The number of aromatic hydroxyl groups is 2. The number of hydrogen-bond donors (Lipinski definition) is 4. The fourth-order valence-corrected chi connectivity index (χ4v) is 2.28. The Bertz CT molecular complexity index is 585. The Hall–Kier alpha value is -2.54. The Morgan fingerprint density at radius 1 is 1.29 bits per heavy atom. The zero-order chi connectivity index (χ0) is 15.4. The summed E-state index contributed by atoms with van der Waals surface area (Å²) in [7, 11) is 0. The molecular formula is C14H16N2O5. The van der Waals surface area contributed by atoms with Gasteiger partial charge in [-0.1, -0.05) is 6.07 Å². The first kappa shape index (κ1) is 14.9. The van der Waals surface area contributed by atoms with Crippen molar-refractivity contribution in [3.05, 3.63) is 29.8 Å². The molecule has 1 unspecified atom stereocenters. The van der Waals surface area contributed by atoms with E-state index in [1.165, 1.54) is 29.2 Å². The van der Waals surface area contributed by atoms with Crippen LogP contribution in [0.15, 0.2) is 24.3 Å². The highest BCUT2D eigenvalue weighted by molar-refractivity contribution is 5.95. The SMILES string of the molecule is O=C(NO)C1CCCN1C(=O)/C=C/c1ccc(O)c(O)c1. The lowest BCUT2D eigenvalue weighted by molar-refractivity contribution is -0.140. The molecule has 0 saturated carbocycles. The number of benzene rings is 1. The second kappa shape index (κ2) is 6.27. The molecule has 0 radical (unpaired) electrons. The third-order valence-electron chi connectivity index (χ3n) is 3.37. The number of phenols is 2. The van der Waals surface area contributed by atoms with E-state index in [0.29, 0.717) is 24.9 Å². The number of hydroxylamine groups is 1. The number of carbonyl (C=O) groups is 2. The van der Waals surface area contributed by atoms with Crippen LogP contribution in [-0.2, 0) is 9.59 Å². The van der Waals surface area contributed by atoms with Gasteiger partial charge in [-0.05, 0) is 36.6 Å². The number of carbonyl (C=O) groups excluding carboxylic acids is 2. The van der Waals surface area contributed by atoms with Crippen LogP contribution < -0.4 is 5.48 Å². The zero-order valence-corrected chi connectivity index (χ0v) is 11.2. The molecule has 21 heavy (non-hydrogen) atoms. The predicted molar refractivity (Wildman–Crippen MR) is 73.5 cm³/mol. The third kappa shape index (κ3) is 3.32. The van der Waals surface area contributed by atoms with Gasteiger partial charge in [-0.25, -0.2) is 5.48 Å². The quantitative estimate of drug-likeness (QED) is 0.282. The van der Waals surface area contributed by atoms with E-state index in [1.807, 2.05) is 0 Å². The summed E-state index contributed by atoms with van der Waals surface area (Å²) in [5.74, 6) is -1.47. The van der Waals surface area contributed by atoms with Crippen molar-refractivity contribution in [1.82, 2.24) is 10.4 Å². The molecule has 1 aromatic carbocycles. The van der Waals surface area contributed by atoms with E-state index in [-0.39, 0.29) is 17.4 Å². The van der Waals surface area contributed by atoms with Crippen molar-refractivity contribution in [1.29, 1.82) is 0 Å². The van der Waals surface area contributed by atoms with Gasteiger partial charge >= 0.3 is 0 Å². The largest absolute Gasteiger partial charge is 0.504 e. The summed E-state index contributed by atoms with van der Waals surface area (Å²) in [6, 6.07) is 3.51. The number of amides is 2. The van der Waals surface area contributed by atoms with Crippen LogP contribution in [0.4, 0.5) is 0 Å². The molecule has 1 aliphatic rings. The molecular weight excluding hydrogens is 276 g/mol. The number of hydrogen-bond acceptors (Lipinski definition) is 5. The average molecular weight is 292 g/mol. The molecule has 1 aromatic rings.